The summed E-state index contributed by atoms with van der Waals surface area (Å²) < 4.78 is 57.9. The second-order valence-electron chi connectivity index (χ2n) is 3.19. The van der Waals surface area contributed by atoms with Crippen molar-refractivity contribution in [1.82, 2.24) is 0 Å². The lowest BCUT2D eigenvalue weighted by molar-refractivity contribution is -0.120. The highest BCUT2D eigenvalue weighted by Gasteiger charge is 2.53. The van der Waals surface area contributed by atoms with E-state index in [1.807, 2.05) is 0 Å². The van der Waals surface area contributed by atoms with Crippen LogP contribution >= 0.6 is 0 Å². The van der Waals surface area contributed by atoms with Crippen molar-refractivity contribution in [2.45, 2.75) is 36.4 Å². The Morgan fingerprint density at radius 3 is 2.21 bits per heavy atom. The van der Waals surface area contributed by atoms with Gasteiger partial charge in [-0.3, -0.25) is 4.79 Å². The number of ketones is 1. The van der Waals surface area contributed by atoms with E-state index in [1.165, 1.54) is 0 Å². The number of halogens is 3. The van der Waals surface area contributed by atoms with Gasteiger partial charge in [-0.15, -0.1) is 0 Å². The molecule has 82 valence electrons. The van der Waals surface area contributed by atoms with Gasteiger partial charge in [-0.05, 0) is 12.8 Å². The number of hydrogen-bond donors (Lipinski definition) is 0. The summed E-state index contributed by atoms with van der Waals surface area (Å²) >= 11 is 0. The molecule has 0 N–H and O–H groups in total. The van der Waals surface area contributed by atoms with Gasteiger partial charge in [0.05, 0.1) is 0 Å². The molecule has 0 aromatic rings. The van der Waals surface area contributed by atoms with Crippen molar-refractivity contribution >= 4 is 15.6 Å². The average Bonchev–Trinajstić information content (AvgIpc) is 2.02. The van der Waals surface area contributed by atoms with Crippen molar-refractivity contribution in [2.75, 3.05) is 0 Å². The SMILES string of the molecule is O=C1CCCCC1S(=O)(=O)C(F)(F)F. The summed E-state index contributed by atoms with van der Waals surface area (Å²) in [6.45, 7) is 0. The maximum atomic E-state index is 12.1. The van der Waals surface area contributed by atoms with Crippen molar-refractivity contribution < 1.29 is 26.4 Å². The van der Waals surface area contributed by atoms with Crippen LogP contribution in [0.2, 0.25) is 0 Å². The third kappa shape index (κ3) is 1.92. The molecule has 1 rings (SSSR count). The molecule has 1 atom stereocenters. The molecule has 0 heterocycles. The van der Waals surface area contributed by atoms with Crippen molar-refractivity contribution in [1.29, 1.82) is 0 Å². The third-order valence-corrected chi connectivity index (χ3v) is 4.09. The van der Waals surface area contributed by atoms with Crippen LogP contribution in [0.1, 0.15) is 25.7 Å². The lowest BCUT2D eigenvalue weighted by atomic mass is 9.99. The van der Waals surface area contributed by atoms with Crippen molar-refractivity contribution in [3.8, 4) is 0 Å². The highest BCUT2D eigenvalue weighted by atomic mass is 32.2. The zero-order valence-electron chi connectivity index (χ0n) is 7.17. The second kappa shape index (κ2) is 3.52. The van der Waals surface area contributed by atoms with Crippen molar-refractivity contribution in [2.24, 2.45) is 0 Å². The molecule has 7 heteroatoms. The summed E-state index contributed by atoms with van der Waals surface area (Å²) in [5, 5.41) is -1.86. The fraction of sp³-hybridized carbons (Fsp3) is 0.857. The quantitative estimate of drug-likeness (QED) is 0.684. The van der Waals surface area contributed by atoms with E-state index < -0.39 is 26.4 Å². The Labute approximate surface area is 79.2 Å². The van der Waals surface area contributed by atoms with Crippen LogP contribution in [0, 0.1) is 0 Å². The largest absolute Gasteiger partial charge is 0.498 e. The standard InChI is InChI=1S/C7H9F3O3S/c8-7(9,10)14(12,13)6-4-2-1-3-5(6)11/h6H,1-4H2. The van der Waals surface area contributed by atoms with Gasteiger partial charge in [0.1, 0.15) is 5.25 Å². The zero-order valence-corrected chi connectivity index (χ0v) is 7.99. The first-order valence-corrected chi connectivity index (χ1v) is 5.64. The van der Waals surface area contributed by atoms with Gasteiger partial charge in [0.15, 0.2) is 5.78 Å². The van der Waals surface area contributed by atoms with Gasteiger partial charge in [-0.2, -0.15) is 13.2 Å². The maximum absolute atomic E-state index is 12.1. The molecule has 1 unspecified atom stereocenters. The molecule has 1 saturated carbocycles. The molecular formula is C7H9F3O3S. The molecule has 0 amide bonds. The van der Waals surface area contributed by atoms with E-state index in [1.54, 1.807) is 0 Å². The fourth-order valence-electron chi connectivity index (χ4n) is 1.44. The number of Topliss-reactive ketones (excluding diaryl/α,β-unsaturated/α-hetero) is 1. The number of carbonyl (C=O) groups excluding carboxylic acids is 1. The molecular weight excluding hydrogens is 221 g/mol. The molecule has 0 radical (unpaired) electrons. The molecule has 0 spiro atoms. The third-order valence-electron chi connectivity index (χ3n) is 2.20. The second-order valence-corrected chi connectivity index (χ2v) is 5.31. The van der Waals surface area contributed by atoms with Crippen LogP contribution < -0.4 is 0 Å². The van der Waals surface area contributed by atoms with E-state index in [0.29, 0.717) is 12.8 Å². The van der Waals surface area contributed by atoms with Gasteiger partial charge < -0.3 is 0 Å². The minimum atomic E-state index is -5.31. The Hall–Kier alpha value is -0.590. The maximum Gasteiger partial charge on any atom is 0.498 e. The summed E-state index contributed by atoms with van der Waals surface area (Å²) in [7, 11) is -5.30. The minimum Gasteiger partial charge on any atom is -0.298 e. The Balaban J connectivity index is 2.98. The molecule has 0 aliphatic heterocycles. The minimum absolute atomic E-state index is 0.0695. The number of sulfone groups is 1. The number of rotatable bonds is 1. The van der Waals surface area contributed by atoms with E-state index in [2.05, 4.69) is 0 Å². The summed E-state index contributed by atoms with van der Waals surface area (Å²) in [6.07, 6.45) is 0.551. The Kier molecular flexibility index (Phi) is 2.89. The van der Waals surface area contributed by atoms with E-state index in [-0.39, 0.29) is 12.8 Å². The summed E-state index contributed by atoms with van der Waals surface area (Å²) in [6, 6.07) is 0. The summed E-state index contributed by atoms with van der Waals surface area (Å²) in [5.74, 6) is -0.812. The molecule has 3 nitrogen and oxygen atoms in total. The molecule has 0 aromatic heterocycles. The van der Waals surface area contributed by atoms with E-state index >= 15 is 0 Å². The van der Waals surface area contributed by atoms with Crippen LogP contribution in [0.5, 0.6) is 0 Å². The van der Waals surface area contributed by atoms with Gasteiger partial charge in [0, 0.05) is 6.42 Å². The van der Waals surface area contributed by atoms with Crippen LogP contribution in [0.3, 0.4) is 0 Å². The molecule has 1 aliphatic rings. The molecule has 1 fully saturated rings. The Morgan fingerprint density at radius 1 is 1.21 bits per heavy atom. The fourth-order valence-corrected chi connectivity index (χ4v) is 2.70. The Morgan fingerprint density at radius 2 is 1.79 bits per heavy atom. The van der Waals surface area contributed by atoms with Crippen molar-refractivity contribution in [3.63, 3.8) is 0 Å². The van der Waals surface area contributed by atoms with Gasteiger partial charge in [-0.1, -0.05) is 6.42 Å². The van der Waals surface area contributed by atoms with E-state index in [9.17, 15) is 26.4 Å². The highest BCUT2D eigenvalue weighted by Crippen LogP contribution is 2.32. The molecule has 1 aliphatic carbocycles. The monoisotopic (exact) mass is 230 g/mol. The first kappa shape index (κ1) is 11.5. The highest BCUT2D eigenvalue weighted by molar-refractivity contribution is 7.93. The molecule has 14 heavy (non-hydrogen) atoms. The zero-order chi connectivity index (χ0) is 11.0. The Bertz CT molecular complexity index is 331. The first-order chi connectivity index (χ1) is 6.27. The van der Waals surface area contributed by atoms with E-state index in [4.69, 9.17) is 0 Å². The van der Waals surface area contributed by atoms with E-state index in [0.717, 1.165) is 0 Å². The number of carbonyl (C=O) groups is 1. The van der Waals surface area contributed by atoms with Gasteiger partial charge in [-0.25, -0.2) is 8.42 Å². The first-order valence-electron chi connectivity index (χ1n) is 4.09. The van der Waals surface area contributed by atoms with Crippen LogP contribution in [0.15, 0.2) is 0 Å². The van der Waals surface area contributed by atoms with Gasteiger partial charge in [0.25, 0.3) is 9.84 Å². The van der Waals surface area contributed by atoms with Crippen molar-refractivity contribution in [3.05, 3.63) is 0 Å². The van der Waals surface area contributed by atoms with Crippen LogP contribution in [-0.4, -0.2) is 25.0 Å². The van der Waals surface area contributed by atoms with Crippen LogP contribution in [0.25, 0.3) is 0 Å². The molecule has 0 bridgehead atoms. The molecule has 0 saturated heterocycles. The predicted molar refractivity (Wildman–Crippen MR) is 42.2 cm³/mol. The molecule has 0 aromatic carbocycles. The van der Waals surface area contributed by atoms with Gasteiger partial charge in [0.2, 0.25) is 0 Å². The number of alkyl halides is 3. The summed E-state index contributed by atoms with van der Waals surface area (Å²) in [5.41, 5.74) is -5.31. The average molecular weight is 230 g/mol. The van der Waals surface area contributed by atoms with Gasteiger partial charge >= 0.3 is 5.51 Å². The smallest absolute Gasteiger partial charge is 0.298 e. The van der Waals surface area contributed by atoms with Crippen LogP contribution in [0.4, 0.5) is 13.2 Å². The predicted octanol–water partition coefficient (Wildman–Crippen LogP) is 1.43. The normalized spacial score (nSPS) is 25.1. The lowest BCUT2D eigenvalue weighted by Crippen LogP contribution is -2.41. The lowest BCUT2D eigenvalue weighted by Gasteiger charge is -2.21. The summed E-state index contributed by atoms with van der Waals surface area (Å²) in [4.78, 5) is 11.0. The number of hydrogen-bond acceptors (Lipinski definition) is 3. The topological polar surface area (TPSA) is 51.2 Å². The van der Waals surface area contributed by atoms with Crippen LogP contribution in [-0.2, 0) is 14.6 Å².